The molecule has 1 N–H and O–H groups in total. The van der Waals surface area contributed by atoms with Crippen molar-refractivity contribution in [3.63, 3.8) is 0 Å². The number of esters is 1. The summed E-state index contributed by atoms with van der Waals surface area (Å²) in [7, 11) is 0. The Labute approximate surface area is 230 Å². The Morgan fingerprint density at radius 3 is 2.54 bits per heavy atom. The van der Waals surface area contributed by atoms with E-state index in [0.717, 1.165) is 25.9 Å². The van der Waals surface area contributed by atoms with Crippen molar-refractivity contribution < 1.29 is 33.7 Å². The van der Waals surface area contributed by atoms with Crippen LogP contribution < -0.4 is 0 Å². The molecule has 0 radical (unpaired) electrons. The fraction of sp³-hybridized carbons (Fsp3) is 0.759. The predicted octanol–water partition coefficient (Wildman–Crippen LogP) is 0.988. The summed E-state index contributed by atoms with van der Waals surface area (Å²) in [4.78, 5) is 48.0. The maximum absolute atomic E-state index is 14.5. The minimum Gasteiger partial charge on any atom is -0.465 e. The molecule has 5 heterocycles. The van der Waals surface area contributed by atoms with E-state index in [1.807, 2.05) is 45.1 Å². The number of fused-ring (bicyclic) bond motifs is 2. The van der Waals surface area contributed by atoms with Gasteiger partial charge < -0.3 is 29.1 Å². The van der Waals surface area contributed by atoms with Gasteiger partial charge in [-0.15, -0.1) is 0 Å². The average Bonchev–Trinajstić information content (AvgIpc) is 3.28. The number of nitrogens with zero attached hydrogens (tertiary/aromatic N) is 3. The first-order valence-corrected chi connectivity index (χ1v) is 14.5. The molecule has 10 nitrogen and oxygen atoms in total. The Balaban J connectivity index is 1.56. The number of aliphatic hydroxyl groups is 1. The van der Waals surface area contributed by atoms with Gasteiger partial charge in [0.1, 0.15) is 17.6 Å². The molecule has 5 rings (SSSR count). The summed E-state index contributed by atoms with van der Waals surface area (Å²) < 4.78 is 17.9. The lowest BCUT2D eigenvalue weighted by molar-refractivity contribution is -0.162. The van der Waals surface area contributed by atoms with Gasteiger partial charge in [-0.2, -0.15) is 0 Å². The molecule has 10 heteroatoms. The molecule has 3 fully saturated rings. The van der Waals surface area contributed by atoms with Crippen molar-refractivity contribution in [1.29, 1.82) is 0 Å². The number of rotatable bonds is 7. The molecule has 0 aromatic rings. The van der Waals surface area contributed by atoms with Crippen molar-refractivity contribution in [2.24, 2.45) is 17.8 Å². The smallest absolute Gasteiger partial charge is 0.313 e. The minimum atomic E-state index is -1.34. The number of allylic oxidation sites excluding steroid dienone is 1. The van der Waals surface area contributed by atoms with Crippen LogP contribution in [0.3, 0.4) is 0 Å². The number of ether oxygens (including phenoxy) is 3. The maximum Gasteiger partial charge on any atom is 0.313 e. The van der Waals surface area contributed by atoms with Crippen LogP contribution in [-0.2, 0) is 28.6 Å². The Hall–Kier alpha value is -2.27. The van der Waals surface area contributed by atoms with E-state index in [-0.39, 0.29) is 30.9 Å². The Kier molecular flexibility index (Phi) is 8.20. The number of aliphatic hydroxyl groups excluding tert-OH is 1. The van der Waals surface area contributed by atoms with E-state index in [4.69, 9.17) is 14.2 Å². The Morgan fingerprint density at radius 1 is 1.05 bits per heavy atom. The highest BCUT2D eigenvalue weighted by molar-refractivity contribution is 5.99. The molecular formula is C29H43N3O7. The third-order valence-corrected chi connectivity index (χ3v) is 9.41. The first-order valence-electron chi connectivity index (χ1n) is 14.5. The number of hydrogen-bond donors (Lipinski definition) is 1. The summed E-state index contributed by atoms with van der Waals surface area (Å²) in [5.74, 6) is -2.90. The number of amides is 2. The molecule has 3 saturated heterocycles. The topological polar surface area (TPSA) is 109 Å². The summed E-state index contributed by atoms with van der Waals surface area (Å²) in [5, 5.41) is 10.5. The molecule has 216 valence electrons. The first-order chi connectivity index (χ1) is 18.8. The summed E-state index contributed by atoms with van der Waals surface area (Å²) >= 11 is 0. The lowest BCUT2D eigenvalue weighted by Crippen LogP contribution is -2.60. The molecule has 0 aromatic carbocycles. The van der Waals surface area contributed by atoms with Crippen LogP contribution in [0.1, 0.15) is 40.0 Å². The second-order valence-corrected chi connectivity index (χ2v) is 11.7. The SMILES string of the molecule is CC[C@H](C)[C@H](CO)N1C(=O)[C@@H]2[C@H]3C(=O)OCCC/C=C\[C@@]3(C)O[C@@]23C=CCN(CCN2CCOCC2)C(=O)C13. The molecule has 0 bridgehead atoms. The molecule has 5 aliphatic heterocycles. The third kappa shape index (κ3) is 4.83. The number of carbonyl (C=O) groups is 3. The monoisotopic (exact) mass is 545 g/mol. The van der Waals surface area contributed by atoms with Crippen molar-refractivity contribution in [1.82, 2.24) is 14.7 Å². The van der Waals surface area contributed by atoms with E-state index >= 15 is 0 Å². The van der Waals surface area contributed by atoms with Gasteiger partial charge >= 0.3 is 5.97 Å². The average molecular weight is 546 g/mol. The molecule has 5 aliphatic rings. The van der Waals surface area contributed by atoms with Crippen LogP contribution in [0.4, 0.5) is 0 Å². The molecule has 0 aliphatic carbocycles. The van der Waals surface area contributed by atoms with E-state index in [2.05, 4.69) is 4.90 Å². The van der Waals surface area contributed by atoms with Crippen LogP contribution >= 0.6 is 0 Å². The number of hydrogen-bond acceptors (Lipinski definition) is 8. The number of likely N-dealkylation sites (tertiary alicyclic amines) is 1. The largest absolute Gasteiger partial charge is 0.465 e. The molecule has 39 heavy (non-hydrogen) atoms. The van der Waals surface area contributed by atoms with E-state index in [1.54, 1.807) is 9.80 Å². The Morgan fingerprint density at radius 2 is 1.82 bits per heavy atom. The van der Waals surface area contributed by atoms with Crippen LogP contribution in [0.25, 0.3) is 0 Å². The van der Waals surface area contributed by atoms with Gasteiger partial charge in [-0.05, 0) is 25.7 Å². The zero-order valence-electron chi connectivity index (χ0n) is 23.4. The fourth-order valence-electron chi connectivity index (χ4n) is 7.08. The minimum absolute atomic E-state index is 0.0598. The van der Waals surface area contributed by atoms with E-state index in [1.165, 1.54) is 0 Å². The van der Waals surface area contributed by atoms with Crippen LogP contribution in [-0.4, -0.2) is 120 Å². The number of carbonyl (C=O) groups excluding carboxylic acids is 3. The standard InChI is InChI=1S/C29H43N3O7/c1-4-20(2)21(19-33)32-24-26(35)31(13-12-30-14-17-37-18-15-30)11-8-10-29(24)22(25(32)34)23-27(36)38-16-7-5-6-9-28(23,3)39-29/h6,8-10,20-24,33H,4-5,7,11-19H2,1-3H3/b9-6-/t20-,21-,22-,23-,24?,28+,29-/m0/s1. The molecule has 1 spiro atoms. The molecule has 1 unspecified atom stereocenters. The highest BCUT2D eigenvalue weighted by Crippen LogP contribution is 2.57. The van der Waals surface area contributed by atoms with E-state index in [9.17, 15) is 19.5 Å². The van der Waals surface area contributed by atoms with Crippen LogP contribution in [0, 0.1) is 17.8 Å². The Bertz CT molecular complexity index is 1010. The quantitative estimate of drug-likeness (QED) is 0.373. The van der Waals surface area contributed by atoms with Crippen molar-refractivity contribution in [3.8, 4) is 0 Å². The lowest BCUT2D eigenvalue weighted by Gasteiger charge is -2.41. The zero-order valence-corrected chi connectivity index (χ0v) is 23.4. The molecule has 0 aromatic heterocycles. The van der Waals surface area contributed by atoms with Crippen LogP contribution in [0.15, 0.2) is 24.3 Å². The van der Waals surface area contributed by atoms with Crippen molar-refractivity contribution >= 4 is 17.8 Å². The van der Waals surface area contributed by atoms with Gasteiger partial charge in [0, 0.05) is 32.7 Å². The van der Waals surface area contributed by atoms with Gasteiger partial charge in [-0.3, -0.25) is 19.3 Å². The number of morpholine rings is 1. The third-order valence-electron chi connectivity index (χ3n) is 9.41. The second-order valence-electron chi connectivity index (χ2n) is 11.7. The van der Waals surface area contributed by atoms with Gasteiger partial charge in [-0.25, -0.2) is 0 Å². The molecule has 7 atom stereocenters. The highest BCUT2D eigenvalue weighted by Gasteiger charge is 2.75. The van der Waals surface area contributed by atoms with E-state index < -0.39 is 41.1 Å². The van der Waals surface area contributed by atoms with Gasteiger partial charge in [-0.1, -0.05) is 44.6 Å². The summed E-state index contributed by atoms with van der Waals surface area (Å²) in [6.07, 6.45) is 9.76. The van der Waals surface area contributed by atoms with Gasteiger partial charge in [0.05, 0.1) is 44.0 Å². The summed E-state index contributed by atoms with van der Waals surface area (Å²) in [6, 6.07) is -1.57. The van der Waals surface area contributed by atoms with Crippen LogP contribution in [0.5, 0.6) is 0 Å². The normalized spacial score (nSPS) is 37.6. The first kappa shape index (κ1) is 28.3. The van der Waals surface area contributed by atoms with Crippen molar-refractivity contribution in [3.05, 3.63) is 24.3 Å². The van der Waals surface area contributed by atoms with Gasteiger partial charge in [0.2, 0.25) is 11.8 Å². The molecular weight excluding hydrogens is 502 g/mol. The fourth-order valence-corrected chi connectivity index (χ4v) is 7.08. The second kappa shape index (κ2) is 11.3. The molecule has 2 amide bonds. The van der Waals surface area contributed by atoms with Gasteiger partial charge in [0.15, 0.2) is 0 Å². The van der Waals surface area contributed by atoms with Crippen molar-refractivity contribution in [2.75, 3.05) is 59.2 Å². The lowest BCUT2D eigenvalue weighted by atomic mass is 9.74. The summed E-state index contributed by atoms with van der Waals surface area (Å²) in [5.41, 5.74) is -2.45. The predicted molar refractivity (Wildman–Crippen MR) is 142 cm³/mol. The van der Waals surface area contributed by atoms with E-state index in [0.29, 0.717) is 39.3 Å². The zero-order chi connectivity index (χ0) is 27.8. The van der Waals surface area contributed by atoms with Crippen molar-refractivity contribution in [2.45, 2.75) is 63.3 Å². The summed E-state index contributed by atoms with van der Waals surface area (Å²) in [6.45, 7) is 10.3. The van der Waals surface area contributed by atoms with Gasteiger partial charge in [0.25, 0.3) is 0 Å². The van der Waals surface area contributed by atoms with Crippen LogP contribution in [0.2, 0.25) is 0 Å². The maximum atomic E-state index is 14.5. The highest BCUT2D eigenvalue weighted by atomic mass is 16.6. The molecule has 0 saturated carbocycles. The number of cyclic esters (lactones) is 1.